The van der Waals surface area contributed by atoms with Gasteiger partial charge in [0.1, 0.15) is 10.2 Å². The summed E-state index contributed by atoms with van der Waals surface area (Å²) >= 11 is 8.48. The summed E-state index contributed by atoms with van der Waals surface area (Å²) in [5.74, 6) is 0.293. The summed E-state index contributed by atoms with van der Waals surface area (Å²) in [5.41, 5.74) is -0.247. The number of alkyl halides is 3. The van der Waals surface area contributed by atoms with E-state index in [9.17, 15) is 13.2 Å². The van der Waals surface area contributed by atoms with Crippen LogP contribution in [0.4, 0.5) is 13.2 Å². The summed E-state index contributed by atoms with van der Waals surface area (Å²) in [6.07, 6.45) is -2.54. The van der Waals surface area contributed by atoms with E-state index in [0.29, 0.717) is 31.9 Å². The van der Waals surface area contributed by atoms with Gasteiger partial charge in [-0.2, -0.15) is 18.3 Å². The maximum atomic E-state index is 12.6. The molecule has 1 N–H and O–H groups in total. The van der Waals surface area contributed by atoms with E-state index in [0.717, 1.165) is 12.1 Å². The SMILES string of the molecule is CSc1nc(Cl)cc(Sc2nc(-c3ccc(C(F)(F)F)cc3)n[nH]2)n1. The van der Waals surface area contributed by atoms with Crippen molar-refractivity contribution in [2.45, 2.75) is 21.5 Å². The van der Waals surface area contributed by atoms with E-state index < -0.39 is 11.7 Å². The average Bonchev–Trinajstić information content (AvgIpc) is 3.02. The zero-order valence-corrected chi connectivity index (χ0v) is 14.9. The fourth-order valence-electron chi connectivity index (χ4n) is 1.85. The molecular formula is C14H9ClF3N5S2. The maximum Gasteiger partial charge on any atom is 0.416 e. The highest BCUT2D eigenvalue weighted by Gasteiger charge is 2.30. The van der Waals surface area contributed by atoms with Crippen molar-refractivity contribution in [2.24, 2.45) is 0 Å². The van der Waals surface area contributed by atoms with Crippen molar-refractivity contribution >= 4 is 35.1 Å². The van der Waals surface area contributed by atoms with Crippen LogP contribution in [-0.4, -0.2) is 31.4 Å². The second-order valence-electron chi connectivity index (χ2n) is 4.66. The number of H-pyrrole nitrogens is 1. The van der Waals surface area contributed by atoms with Gasteiger partial charge in [0.05, 0.1) is 5.56 Å². The summed E-state index contributed by atoms with van der Waals surface area (Å²) in [7, 11) is 0. The Morgan fingerprint density at radius 2 is 1.80 bits per heavy atom. The number of thioether (sulfide) groups is 1. The zero-order valence-electron chi connectivity index (χ0n) is 12.5. The minimum Gasteiger partial charge on any atom is -0.253 e. The minimum absolute atomic E-state index is 0.293. The Bertz CT molecular complexity index is 883. The van der Waals surface area contributed by atoms with Gasteiger partial charge in [0.2, 0.25) is 0 Å². The Labute approximate surface area is 153 Å². The van der Waals surface area contributed by atoms with Gasteiger partial charge in [-0.15, -0.1) is 0 Å². The molecule has 0 spiro atoms. The molecule has 0 aliphatic heterocycles. The van der Waals surface area contributed by atoms with E-state index in [1.165, 1.54) is 35.7 Å². The number of nitrogens with one attached hydrogen (secondary N) is 1. The summed E-state index contributed by atoms with van der Waals surface area (Å²) in [6.45, 7) is 0. The molecule has 0 bridgehead atoms. The molecule has 1 aromatic carbocycles. The van der Waals surface area contributed by atoms with Crippen molar-refractivity contribution in [2.75, 3.05) is 6.26 Å². The minimum atomic E-state index is -4.38. The van der Waals surface area contributed by atoms with Crippen LogP contribution in [0.25, 0.3) is 11.4 Å². The van der Waals surface area contributed by atoms with E-state index in [1.807, 2.05) is 6.26 Å². The van der Waals surface area contributed by atoms with E-state index in [2.05, 4.69) is 25.1 Å². The highest BCUT2D eigenvalue weighted by molar-refractivity contribution is 7.99. The number of hydrogen-bond donors (Lipinski definition) is 1. The predicted molar refractivity (Wildman–Crippen MR) is 89.8 cm³/mol. The van der Waals surface area contributed by atoms with Crippen LogP contribution < -0.4 is 0 Å². The van der Waals surface area contributed by atoms with E-state index in [4.69, 9.17) is 11.6 Å². The molecule has 3 aromatic rings. The van der Waals surface area contributed by atoms with Gasteiger partial charge in [-0.05, 0) is 30.2 Å². The molecule has 0 aliphatic carbocycles. The number of halogens is 4. The van der Waals surface area contributed by atoms with Crippen LogP contribution in [0, 0.1) is 0 Å². The van der Waals surface area contributed by atoms with Crippen LogP contribution in [0.3, 0.4) is 0 Å². The predicted octanol–water partition coefficient (Wildman–Crippen LogP) is 4.81. The standard InChI is InChI=1S/C14H9ClF3N5S2/c1-24-12-19-9(15)6-10(20-12)25-13-21-11(22-23-13)7-2-4-8(5-3-7)14(16,17)18/h2-6H,1H3,(H,21,22,23). The Morgan fingerprint density at radius 3 is 2.44 bits per heavy atom. The highest BCUT2D eigenvalue weighted by atomic mass is 35.5. The first kappa shape index (κ1) is 18.0. The molecule has 11 heteroatoms. The Balaban J connectivity index is 1.80. The number of benzene rings is 1. The van der Waals surface area contributed by atoms with Crippen molar-refractivity contribution in [1.82, 2.24) is 25.1 Å². The number of hydrogen-bond acceptors (Lipinski definition) is 6. The van der Waals surface area contributed by atoms with Crippen LogP contribution in [0.1, 0.15) is 5.56 Å². The Hall–Kier alpha value is -1.78. The monoisotopic (exact) mass is 403 g/mol. The number of aromatic nitrogens is 5. The normalized spacial score (nSPS) is 11.7. The third-order valence-corrected chi connectivity index (χ3v) is 4.51. The largest absolute Gasteiger partial charge is 0.416 e. The summed E-state index contributed by atoms with van der Waals surface area (Å²) in [5, 5.41) is 8.60. The third-order valence-electron chi connectivity index (χ3n) is 2.97. The summed E-state index contributed by atoms with van der Waals surface area (Å²) in [6, 6.07) is 6.23. The molecule has 0 amide bonds. The fourth-order valence-corrected chi connectivity index (χ4v) is 3.31. The van der Waals surface area contributed by atoms with Gasteiger partial charge >= 0.3 is 6.18 Å². The molecule has 0 atom stereocenters. The molecule has 25 heavy (non-hydrogen) atoms. The first-order valence-electron chi connectivity index (χ1n) is 6.71. The van der Waals surface area contributed by atoms with Crippen molar-refractivity contribution in [3.05, 3.63) is 41.0 Å². The smallest absolute Gasteiger partial charge is 0.253 e. The molecule has 0 radical (unpaired) electrons. The molecule has 0 saturated heterocycles. The molecule has 5 nitrogen and oxygen atoms in total. The molecule has 0 saturated carbocycles. The van der Waals surface area contributed by atoms with Crippen molar-refractivity contribution in [1.29, 1.82) is 0 Å². The fraction of sp³-hybridized carbons (Fsp3) is 0.143. The van der Waals surface area contributed by atoms with Gasteiger partial charge in [-0.25, -0.2) is 15.0 Å². The van der Waals surface area contributed by atoms with Crippen LogP contribution in [0.5, 0.6) is 0 Å². The topological polar surface area (TPSA) is 67.3 Å². The quantitative estimate of drug-likeness (QED) is 0.383. The summed E-state index contributed by atoms with van der Waals surface area (Å²) < 4.78 is 37.8. The Kier molecular flexibility index (Phi) is 5.21. The molecule has 0 fully saturated rings. The van der Waals surface area contributed by atoms with Crippen LogP contribution in [0.15, 0.2) is 45.7 Å². The van der Waals surface area contributed by atoms with Crippen LogP contribution >= 0.6 is 35.1 Å². The van der Waals surface area contributed by atoms with Crippen molar-refractivity contribution in [3.63, 3.8) is 0 Å². The number of aromatic amines is 1. The van der Waals surface area contributed by atoms with E-state index >= 15 is 0 Å². The second kappa shape index (κ2) is 7.22. The van der Waals surface area contributed by atoms with E-state index in [1.54, 1.807) is 6.07 Å². The molecule has 130 valence electrons. The van der Waals surface area contributed by atoms with Gasteiger partial charge in [-0.3, -0.25) is 5.10 Å². The van der Waals surface area contributed by atoms with Gasteiger partial charge in [-0.1, -0.05) is 35.5 Å². The third kappa shape index (κ3) is 4.44. The van der Waals surface area contributed by atoms with Crippen LogP contribution in [-0.2, 0) is 6.18 Å². The summed E-state index contributed by atoms with van der Waals surface area (Å²) in [4.78, 5) is 12.6. The van der Waals surface area contributed by atoms with E-state index in [-0.39, 0.29) is 0 Å². The highest BCUT2D eigenvalue weighted by Crippen LogP contribution is 2.31. The number of rotatable bonds is 4. The molecular weight excluding hydrogens is 395 g/mol. The molecule has 3 rings (SSSR count). The maximum absolute atomic E-state index is 12.6. The zero-order chi connectivity index (χ0) is 18.0. The number of nitrogens with zero attached hydrogens (tertiary/aromatic N) is 4. The lowest BCUT2D eigenvalue weighted by Gasteiger charge is -2.06. The Morgan fingerprint density at radius 1 is 1.08 bits per heavy atom. The van der Waals surface area contributed by atoms with Crippen molar-refractivity contribution in [3.8, 4) is 11.4 Å². The average molecular weight is 404 g/mol. The van der Waals surface area contributed by atoms with Gasteiger partial charge in [0, 0.05) is 11.6 Å². The lowest BCUT2D eigenvalue weighted by molar-refractivity contribution is -0.137. The molecule has 0 aliphatic rings. The first-order chi connectivity index (χ1) is 11.8. The lowest BCUT2D eigenvalue weighted by atomic mass is 10.1. The van der Waals surface area contributed by atoms with Gasteiger partial charge in [0.15, 0.2) is 16.1 Å². The van der Waals surface area contributed by atoms with Gasteiger partial charge in [0.25, 0.3) is 0 Å². The van der Waals surface area contributed by atoms with Crippen molar-refractivity contribution < 1.29 is 13.2 Å². The molecule has 2 heterocycles. The first-order valence-corrected chi connectivity index (χ1v) is 9.13. The second-order valence-corrected chi connectivity index (χ2v) is 6.83. The molecule has 2 aromatic heterocycles. The molecule has 0 unspecified atom stereocenters. The lowest BCUT2D eigenvalue weighted by Crippen LogP contribution is -2.04. The van der Waals surface area contributed by atoms with Crippen LogP contribution in [0.2, 0.25) is 5.15 Å². The van der Waals surface area contributed by atoms with Gasteiger partial charge < -0.3 is 0 Å².